The summed E-state index contributed by atoms with van der Waals surface area (Å²) in [5, 5.41) is 15.3. The summed E-state index contributed by atoms with van der Waals surface area (Å²) < 4.78 is 37.7. The van der Waals surface area contributed by atoms with Gasteiger partial charge in [-0.25, -0.2) is 22.9 Å². The number of rotatable bonds is 18. The summed E-state index contributed by atoms with van der Waals surface area (Å²) in [6.45, 7) is 2.55. The van der Waals surface area contributed by atoms with Crippen LogP contribution in [0.1, 0.15) is 44.6 Å². The number of benzene rings is 1. The molecule has 4 N–H and O–H groups in total. The van der Waals surface area contributed by atoms with Crippen LogP contribution in [0.3, 0.4) is 0 Å². The molecule has 43 heavy (non-hydrogen) atoms. The number of pyridine rings is 1. The molecule has 3 rings (SSSR count). The number of carboxylic acid groups (broad SMARTS) is 1. The van der Waals surface area contributed by atoms with Crippen LogP contribution in [0.5, 0.6) is 0 Å². The van der Waals surface area contributed by atoms with Gasteiger partial charge in [0.05, 0.1) is 24.4 Å². The van der Waals surface area contributed by atoms with E-state index >= 15 is 0 Å². The Bertz CT molecular complexity index is 1270. The summed E-state index contributed by atoms with van der Waals surface area (Å²) in [5.41, 5.74) is 0.867. The normalized spacial score (nSPS) is 17.3. The number of likely N-dealkylation sites (tertiary alicyclic amines) is 1. The molecule has 2 heterocycles. The number of nitrogens with zero attached hydrogens (tertiary/aromatic N) is 2. The number of anilines is 1. The fourth-order valence-electron chi connectivity index (χ4n) is 4.52. The molecule has 2 aromatic rings. The standard InChI is InChI=1S/C29H41N5O8S/c1-2-3-16-43(39,40)33-25(28(36)37)12-9-15-31-27(35)21-41-24-17-23(18-32-26-13-7-8-14-30-26)34(19-24)29(38)42-20-22-10-5-4-6-11-22/h4-8,10-11,13-14,23-25,33H,2-3,9,12,15-21H2,1H3,(H,30,32)(H,31,35)(H,36,37)/t23-,24+,25-/m0/s1. The Morgan fingerprint density at radius 3 is 2.58 bits per heavy atom. The summed E-state index contributed by atoms with van der Waals surface area (Å²) in [4.78, 5) is 42.7. The Balaban J connectivity index is 1.45. The summed E-state index contributed by atoms with van der Waals surface area (Å²) in [7, 11) is -3.70. The van der Waals surface area contributed by atoms with Gasteiger partial charge in [-0.2, -0.15) is 0 Å². The van der Waals surface area contributed by atoms with Crippen molar-refractivity contribution in [3.63, 3.8) is 0 Å². The van der Waals surface area contributed by atoms with Crippen LogP contribution in [0.2, 0.25) is 0 Å². The Morgan fingerprint density at radius 1 is 1.12 bits per heavy atom. The largest absolute Gasteiger partial charge is 0.480 e. The van der Waals surface area contributed by atoms with E-state index in [0.717, 1.165) is 5.56 Å². The van der Waals surface area contributed by atoms with Gasteiger partial charge in [-0.15, -0.1) is 0 Å². The number of nitrogens with one attached hydrogen (secondary N) is 3. The third-order valence-corrected chi connectivity index (χ3v) is 8.30. The lowest BCUT2D eigenvalue weighted by atomic mass is 10.2. The predicted octanol–water partition coefficient (Wildman–Crippen LogP) is 2.36. The molecule has 1 aliphatic rings. The predicted molar refractivity (Wildman–Crippen MR) is 160 cm³/mol. The number of amides is 2. The van der Waals surface area contributed by atoms with E-state index in [-0.39, 0.29) is 50.9 Å². The summed E-state index contributed by atoms with van der Waals surface area (Å²) in [5.74, 6) is -1.13. The molecule has 1 fully saturated rings. The highest BCUT2D eigenvalue weighted by atomic mass is 32.2. The summed E-state index contributed by atoms with van der Waals surface area (Å²) >= 11 is 0. The van der Waals surface area contributed by atoms with Gasteiger partial charge in [-0.3, -0.25) is 9.59 Å². The van der Waals surface area contributed by atoms with Crippen LogP contribution in [-0.2, 0) is 35.7 Å². The van der Waals surface area contributed by atoms with Crippen molar-refractivity contribution in [2.75, 3.05) is 37.3 Å². The van der Waals surface area contributed by atoms with Gasteiger partial charge < -0.3 is 30.1 Å². The van der Waals surface area contributed by atoms with Crippen molar-refractivity contribution in [2.24, 2.45) is 0 Å². The second kappa shape index (κ2) is 17.4. The lowest BCUT2D eigenvalue weighted by Gasteiger charge is -2.24. The molecule has 1 aromatic carbocycles. The SMILES string of the molecule is CCCCS(=O)(=O)N[C@@H](CCCNC(=O)CO[C@@H]1C[C@@H](CNc2ccccn2)N(C(=O)OCc2ccccc2)C1)C(=O)O. The molecule has 13 nitrogen and oxygen atoms in total. The highest BCUT2D eigenvalue weighted by Crippen LogP contribution is 2.22. The van der Waals surface area contributed by atoms with Gasteiger partial charge in [0.15, 0.2) is 0 Å². The zero-order chi connectivity index (χ0) is 31.1. The molecular formula is C29H41N5O8S. The van der Waals surface area contributed by atoms with Crippen LogP contribution < -0.4 is 15.4 Å². The van der Waals surface area contributed by atoms with Gasteiger partial charge >= 0.3 is 12.1 Å². The zero-order valence-electron chi connectivity index (χ0n) is 24.3. The van der Waals surface area contributed by atoms with E-state index in [1.807, 2.05) is 55.5 Å². The number of hydrogen-bond donors (Lipinski definition) is 4. The number of ether oxygens (including phenoxy) is 2. The Labute approximate surface area is 252 Å². The number of aliphatic carboxylic acids is 1. The van der Waals surface area contributed by atoms with Gasteiger partial charge in [-0.1, -0.05) is 49.7 Å². The van der Waals surface area contributed by atoms with Crippen LogP contribution in [-0.4, -0.2) is 91.6 Å². The van der Waals surface area contributed by atoms with E-state index < -0.39 is 40.1 Å². The van der Waals surface area contributed by atoms with Crippen molar-refractivity contribution < 1.29 is 37.4 Å². The molecule has 0 saturated carbocycles. The lowest BCUT2D eigenvalue weighted by Crippen LogP contribution is -2.42. The topological polar surface area (TPSA) is 176 Å². The molecule has 1 saturated heterocycles. The average Bonchev–Trinajstić information content (AvgIpc) is 3.42. The fourth-order valence-corrected chi connectivity index (χ4v) is 5.96. The highest BCUT2D eigenvalue weighted by Gasteiger charge is 2.37. The summed E-state index contributed by atoms with van der Waals surface area (Å²) in [6, 6.07) is 13.3. The van der Waals surface area contributed by atoms with Gasteiger partial charge in [0.2, 0.25) is 15.9 Å². The maximum absolute atomic E-state index is 13.0. The van der Waals surface area contributed by atoms with Crippen LogP contribution in [0.4, 0.5) is 10.6 Å². The first-order valence-electron chi connectivity index (χ1n) is 14.4. The number of carbonyl (C=O) groups excluding carboxylic acids is 2. The average molecular weight is 620 g/mol. The van der Waals surface area contributed by atoms with Crippen molar-refractivity contribution >= 4 is 33.8 Å². The minimum absolute atomic E-state index is 0.0233. The quantitative estimate of drug-likeness (QED) is 0.181. The Kier molecular flexibility index (Phi) is 13.6. The van der Waals surface area contributed by atoms with Crippen LogP contribution >= 0.6 is 0 Å². The number of hydrogen-bond acceptors (Lipinski definition) is 9. The molecule has 0 unspecified atom stereocenters. The van der Waals surface area contributed by atoms with Crippen molar-refractivity contribution in [1.29, 1.82) is 0 Å². The fraction of sp³-hybridized carbons (Fsp3) is 0.517. The van der Waals surface area contributed by atoms with Gasteiger partial charge in [-0.05, 0) is 43.4 Å². The van der Waals surface area contributed by atoms with Gasteiger partial charge in [0.25, 0.3) is 0 Å². The second-order valence-electron chi connectivity index (χ2n) is 10.3. The molecule has 2 amide bonds. The number of sulfonamides is 1. The molecule has 14 heteroatoms. The number of unbranched alkanes of at least 4 members (excludes halogenated alkanes) is 1. The Hall–Kier alpha value is -3.75. The number of carboxylic acids is 1. The van der Waals surface area contributed by atoms with Crippen molar-refractivity contribution in [1.82, 2.24) is 19.9 Å². The molecule has 0 spiro atoms. The maximum atomic E-state index is 13.0. The van der Waals surface area contributed by atoms with Crippen LogP contribution in [0, 0.1) is 0 Å². The van der Waals surface area contributed by atoms with E-state index in [0.29, 0.717) is 31.6 Å². The van der Waals surface area contributed by atoms with E-state index in [2.05, 4.69) is 20.3 Å². The molecule has 1 aliphatic heterocycles. The molecule has 3 atom stereocenters. The van der Waals surface area contributed by atoms with Gasteiger partial charge in [0.1, 0.15) is 25.1 Å². The molecule has 0 bridgehead atoms. The van der Waals surface area contributed by atoms with Crippen molar-refractivity contribution in [3.8, 4) is 0 Å². The van der Waals surface area contributed by atoms with E-state index in [9.17, 15) is 27.9 Å². The van der Waals surface area contributed by atoms with E-state index in [4.69, 9.17) is 9.47 Å². The Morgan fingerprint density at radius 2 is 1.88 bits per heavy atom. The highest BCUT2D eigenvalue weighted by molar-refractivity contribution is 7.89. The maximum Gasteiger partial charge on any atom is 0.410 e. The third kappa shape index (κ3) is 12.2. The molecular weight excluding hydrogens is 578 g/mol. The molecule has 236 valence electrons. The second-order valence-corrected chi connectivity index (χ2v) is 12.2. The molecule has 0 aliphatic carbocycles. The van der Waals surface area contributed by atoms with Crippen molar-refractivity contribution in [2.45, 2.75) is 63.8 Å². The molecule has 1 aromatic heterocycles. The summed E-state index contributed by atoms with van der Waals surface area (Å²) in [6.07, 6.45) is 2.65. The smallest absolute Gasteiger partial charge is 0.410 e. The zero-order valence-corrected chi connectivity index (χ0v) is 25.1. The first-order chi connectivity index (χ1) is 20.7. The van der Waals surface area contributed by atoms with E-state index in [1.165, 1.54) is 0 Å². The van der Waals surface area contributed by atoms with Gasteiger partial charge in [0, 0.05) is 19.3 Å². The van der Waals surface area contributed by atoms with E-state index in [1.54, 1.807) is 11.1 Å². The lowest BCUT2D eigenvalue weighted by molar-refractivity contribution is -0.139. The first kappa shape index (κ1) is 33.7. The minimum atomic E-state index is -3.70. The number of aromatic nitrogens is 1. The van der Waals surface area contributed by atoms with Crippen molar-refractivity contribution in [3.05, 3.63) is 60.3 Å². The first-order valence-corrected chi connectivity index (χ1v) is 16.1. The minimum Gasteiger partial charge on any atom is -0.480 e. The molecule has 0 radical (unpaired) electrons. The monoisotopic (exact) mass is 619 g/mol. The van der Waals surface area contributed by atoms with Crippen LogP contribution in [0.25, 0.3) is 0 Å². The third-order valence-electron chi connectivity index (χ3n) is 6.83. The number of carbonyl (C=O) groups is 3. The van der Waals surface area contributed by atoms with Crippen LogP contribution in [0.15, 0.2) is 54.7 Å².